The minimum absolute atomic E-state index is 0.00128. The average Bonchev–Trinajstić information content (AvgIpc) is 3.06. The summed E-state index contributed by atoms with van der Waals surface area (Å²) in [7, 11) is 0. The number of hydrogen-bond acceptors (Lipinski definition) is 3. The maximum absolute atomic E-state index is 13.9. The number of carbonyl (C=O) groups excluding carboxylic acids is 2. The molecule has 1 aliphatic heterocycles. The van der Waals surface area contributed by atoms with Crippen molar-refractivity contribution in [2.45, 2.75) is 6.54 Å². The fraction of sp³-hybridized carbons (Fsp3) is 0.238. The fourth-order valence-electron chi connectivity index (χ4n) is 3.65. The van der Waals surface area contributed by atoms with Crippen LogP contribution in [0.15, 0.2) is 54.7 Å². The first kappa shape index (κ1) is 17.3. The number of rotatable bonds is 4. The lowest BCUT2D eigenvalue weighted by atomic mass is 10.2. The molecule has 1 fully saturated rings. The molecule has 0 radical (unpaired) electrons. The quantitative estimate of drug-likeness (QED) is 0.668. The summed E-state index contributed by atoms with van der Waals surface area (Å²) in [5.74, 6) is -0.237. The van der Waals surface area contributed by atoms with E-state index in [9.17, 15) is 14.0 Å². The number of fused-ring (bicyclic) bond motifs is 1. The minimum Gasteiger partial charge on any atom is -0.366 e. The van der Waals surface area contributed by atoms with E-state index < -0.39 is 0 Å². The smallest absolute Gasteiger partial charge is 0.242 e. The third-order valence-electron chi connectivity index (χ3n) is 5.08. The summed E-state index contributed by atoms with van der Waals surface area (Å²) in [5, 5.41) is 0.852. The zero-order valence-electron chi connectivity index (χ0n) is 14.8. The summed E-state index contributed by atoms with van der Waals surface area (Å²) in [4.78, 5) is 27.8. The number of piperazine rings is 1. The molecule has 0 N–H and O–H groups in total. The van der Waals surface area contributed by atoms with E-state index in [0.717, 1.165) is 17.2 Å². The molecule has 0 saturated carbocycles. The molecule has 6 heteroatoms. The highest BCUT2D eigenvalue weighted by Gasteiger charge is 2.23. The number of amides is 1. The first-order valence-electron chi connectivity index (χ1n) is 8.97. The monoisotopic (exact) mass is 365 g/mol. The molecule has 138 valence electrons. The number of aromatic nitrogens is 1. The average molecular weight is 365 g/mol. The van der Waals surface area contributed by atoms with E-state index in [2.05, 4.69) is 0 Å². The van der Waals surface area contributed by atoms with Gasteiger partial charge < -0.3 is 14.4 Å². The second kappa shape index (κ2) is 7.23. The van der Waals surface area contributed by atoms with E-state index in [1.165, 1.54) is 6.07 Å². The lowest BCUT2D eigenvalue weighted by molar-refractivity contribution is -0.132. The Hall–Kier alpha value is -3.15. The van der Waals surface area contributed by atoms with Gasteiger partial charge in [-0.3, -0.25) is 9.59 Å². The van der Waals surface area contributed by atoms with Crippen LogP contribution < -0.4 is 4.90 Å². The Morgan fingerprint density at radius 3 is 2.44 bits per heavy atom. The Kier molecular flexibility index (Phi) is 4.62. The topological polar surface area (TPSA) is 45.6 Å². The lowest BCUT2D eigenvalue weighted by Gasteiger charge is -2.36. The van der Waals surface area contributed by atoms with Crippen LogP contribution in [-0.2, 0) is 11.3 Å². The van der Waals surface area contributed by atoms with Crippen molar-refractivity contribution in [3.63, 3.8) is 0 Å². The maximum atomic E-state index is 13.9. The molecule has 2 aromatic carbocycles. The third-order valence-corrected chi connectivity index (χ3v) is 5.08. The van der Waals surface area contributed by atoms with Gasteiger partial charge in [0.2, 0.25) is 5.91 Å². The highest BCUT2D eigenvalue weighted by molar-refractivity contribution is 5.98. The van der Waals surface area contributed by atoms with Crippen LogP contribution in [0.1, 0.15) is 10.4 Å². The zero-order valence-corrected chi connectivity index (χ0v) is 14.8. The van der Waals surface area contributed by atoms with Crippen molar-refractivity contribution in [1.29, 1.82) is 0 Å². The van der Waals surface area contributed by atoms with E-state index in [4.69, 9.17) is 0 Å². The van der Waals surface area contributed by atoms with Gasteiger partial charge in [0.25, 0.3) is 0 Å². The van der Waals surface area contributed by atoms with Gasteiger partial charge in [0.15, 0.2) is 6.29 Å². The van der Waals surface area contributed by atoms with Crippen LogP contribution in [0, 0.1) is 5.82 Å². The minimum atomic E-state index is -0.238. The van der Waals surface area contributed by atoms with Gasteiger partial charge >= 0.3 is 0 Å². The van der Waals surface area contributed by atoms with Crippen LogP contribution in [0.4, 0.5) is 10.1 Å². The van der Waals surface area contributed by atoms with Crippen LogP contribution in [0.2, 0.25) is 0 Å². The molecular weight excluding hydrogens is 345 g/mol. The van der Waals surface area contributed by atoms with E-state index in [0.29, 0.717) is 37.4 Å². The van der Waals surface area contributed by atoms with Gasteiger partial charge in [-0.05, 0) is 18.2 Å². The first-order valence-corrected chi connectivity index (χ1v) is 8.97. The van der Waals surface area contributed by atoms with Gasteiger partial charge in [-0.1, -0.05) is 30.3 Å². The Bertz CT molecular complexity index is 990. The number of nitrogens with zero attached hydrogens (tertiary/aromatic N) is 3. The molecule has 0 bridgehead atoms. The van der Waals surface area contributed by atoms with E-state index in [-0.39, 0.29) is 18.3 Å². The molecule has 27 heavy (non-hydrogen) atoms. The molecule has 5 nitrogen and oxygen atoms in total. The van der Waals surface area contributed by atoms with Crippen LogP contribution in [0.25, 0.3) is 10.9 Å². The first-order chi connectivity index (χ1) is 13.2. The van der Waals surface area contributed by atoms with Crippen LogP contribution in [0.3, 0.4) is 0 Å². The number of benzene rings is 2. The summed E-state index contributed by atoms with van der Waals surface area (Å²) < 4.78 is 15.8. The molecule has 3 aromatic rings. The second-order valence-electron chi connectivity index (χ2n) is 6.67. The summed E-state index contributed by atoms with van der Waals surface area (Å²) in [6, 6.07) is 14.3. The number of halogens is 1. The largest absolute Gasteiger partial charge is 0.366 e. The van der Waals surface area contributed by atoms with E-state index in [1.54, 1.807) is 23.2 Å². The van der Waals surface area contributed by atoms with Gasteiger partial charge in [0.1, 0.15) is 12.4 Å². The van der Waals surface area contributed by atoms with Crippen molar-refractivity contribution in [3.8, 4) is 0 Å². The summed E-state index contributed by atoms with van der Waals surface area (Å²) in [6.45, 7) is 2.48. The fourth-order valence-corrected chi connectivity index (χ4v) is 3.65. The van der Waals surface area contributed by atoms with Crippen molar-refractivity contribution >= 4 is 28.8 Å². The van der Waals surface area contributed by atoms with E-state index >= 15 is 0 Å². The zero-order chi connectivity index (χ0) is 18.8. The third kappa shape index (κ3) is 3.30. The van der Waals surface area contributed by atoms with Crippen LogP contribution in [0.5, 0.6) is 0 Å². The molecule has 1 amide bonds. The Balaban J connectivity index is 1.45. The van der Waals surface area contributed by atoms with Crippen LogP contribution in [-0.4, -0.2) is 47.8 Å². The molecule has 2 heterocycles. The molecule has 1 aliphatic rings. The predicted octanol–water partition coefficient (Wildman–Crippen LogP) is 2.94. The Morgan fingerprint density at radius 2 is 1.70 bits per heavy atom. The molecule has 0 aliphatic carbocycles. The van der Waals surface area contributed by atoms with Crippen LogP contribution >= 0.6 is 0 Å². The van der Waals surface area contributed by atoms with Gasteiger partial charge in [-0.2, -0.15) is 0 Å². The summed E-state index contributed by atoms with van der Waals surface area (Å²) in [5.41, 5.74) is 2.04. The standard InChI is InChI=1S/C21H20FN3O2/c22-18-6-2-4-8-20(18)23-9-11-24(12-10-23)21(27)14-25-13-16(15-26)17-5-1-3-7-19(17)25/h1-8,13,15H,9-12,14H2. The molecule has 4 rings (SSSR count). The molecular formula is C21H20FN3O2. The molecule has 0 unspecified atom stereocenters. The van der Waals surface area contributed by atoms with Crippen molar-refractivity contribution in [2.75, 3.05) is 31.1 Å². The molecule has 0 atom stereocenters. The molecule has 1 saturated heterocycles. The number of carbonyl (C=O) groups is 2. The lowest BCUT2D eigenvalue weighted by Crippen LogP contribution is -2.49. The van der Waals surface area contributed by atoms with Gasteiger partial charge in [-0.25, -0.2) is 4.39 Å². The summed E-state index contributed by atoms with van der Waals surface area (Å²) >= 11 is 0. The normalized spacial score (nSPS) is 14.6. The van der Waals surface area contributed by atoms with Gasteiger partial charge in [0.05, 0.1) is 5.69 Å². The maximum Gasteiger partial charge on any atom is 0.242 e. The number of anilines is 1. The molecule has 0 spiro atoms. The second-order valence-corrected chi connectivity index (χ2v) is 6.67. The number of hydrogen-bond donors (Lipinski definition) is 0. The number of aldehydes is 1. The van der Waals surface area contributed by atoms with Gasteiger partial charge in [0, 0.05) is 48.8 Å². The highest BCUT2D eigenvalue weighted by atomic mass is 19.1. The number of para-hydroxylation sites is 2. The van der Waals surface area contributed by atoms with Gasteiger partial charge in [-0.15, -0.1) is 0 Å². The van der Waals surface area contributed by atoms with E-state index in [1.807, 2.05) is 39.8 Å². The van der Waals surface area contributed by atoms with Crippen molar-refractivity contribution < 1.29 is 14.0 Å². The Morgan fingerprint density at radius 1 is 1.00 bits per heavy atom. The van der Waals surface area contributed by atoms with Crippen molar-refractivity contribution in [1.82, 2.24) is 9.47 Å². The van der Waals surface area contributed by atoms with Crippen molar-refractivity contribution in [2.24, 2.45) is 0 Å². The predicted molar refractivity (Wildman–Crippen MR) is 103 cm³/mol. The SMILES string of the molecule is O=Cc1cn(CC(=O)N2CCN(c3ccccc3F)CC2)c2ccccc12. The summed E-state index contributed by atoms with van der Waals surface area (Å²) in [6.07, 6.45) is 2.54. The van der Waals surface area contributed by atoms with Crippen molar-refractivity contribution in [3.05, 3.63) is 66.1 Å². The highest BCUT2D eigenvalue weighted by Crippen LogP contribution is 2.22. The molecule has 1 aromatic heterocycles. The Labute approximate surface area is 156 Å².